The number of rotatable bonds is 7. The Morgan fingerprint density at radius 2 is 1.90 bits per heavy atom. The lowest BCUT2D eigenvalue weighted by Crippen LogP contribution is -2.13. The van der Waals surface area contributed by atoms with Gasteiger partial charge in [0.1, 0.15) is 5.75 Å². The molecular formula is C23H29N7O. The summed E-state index contributed by atoms with van der Waals surface area (Å²) in [7, 11) is 6.00. The molecule has 0 bridgehead atoms. The van der Waals surface area contributed by atoms with Crippen molar-refractivity contribution >= 4 is 5.65 Å². The molecule has 0 atom stereocenters. The van der Waals surface area contributed by atoms with Crippen molar-refractivity contribution in [3.8, 4) is 17.0 Å². The van der Waals surface area contributed by atoms with Crippen molar-refractivity contribution in [1.29, 1.82) is 0 Å². The van der Waals surface area contributed by atoms with Crippen molar-refractivity contribution in [3.05, 3.63) is 58.9 Å². The van der Waals surface area contributed by atoms with Crippen LogP contribution in [0.25, 0.3) is 16.9 Å². The molecule has 4 aromatic rings. The average Bonchev–Trinajstić information content (AvgIpc) is 3.22. The van der Waals surface area contributed by atoms with Crippen LogP contribution in [0.4, 0.5) is 0 Å². The third kappa shape index (κ3) is 4.29. The van der Waals surface area contributed by atoms with Crippen LogP contribution in [0, 0.1) is 20.8 Å². The summed E-state index contributed by atoms with van der Waals surface area (Å²) >= 11 is 0. The van der Waals surface area contributed by atoms with Crippen LogP contribution in [0.5, 0.6) is 5.75 Å². The van der Waals surface area contributed by atoms with Gasteiger partial charge in [-0.3, -0.25) is 14.1 Å². The predicted molar refractivity (Wildman–Crippen MR) is 120 cm³/mol. The van der Waals surface area contributed by atoms with E-state index < -0.39 is 0 Å². The third-order valence-electron chi connectivity index (χ3n) is 5.50. The van der Waals surface area contributed by atoms with E-state index in [1.807, 2.05) is 43.3 Å². The lowest BCUT2D eigenvalue weighted by atomic mass is 10.1. The molecule has 0 saturated carbocycles. The number of aromatic nitrogens is 6. The Morgan fingerprint density at radius 1 is 1.10 bits per heavy atom. The number of aryl methyl sites for hydroxylation is 3. The van der Waals surface area contributed by atoms with Crippen LogP contribution in [0.2, 0.25) is 0 Å². The normalized spacial score (nSPS) is 11.6. The molecule has 3 heterocycles. The molecule has 8 heteroatoms. The molecule has 0 spiro atoms. The summed E-state index contributed by atoms with van der Waals surface area (Å²) in [6.07, 6.45) is 4.55. The monoisotopic (exact) mass is 419 g/mol. The van der Waals surface area contributed by atoms with E-state index in [1.165, 1.54) is 11.3 Å². The summed E-state index contributed by atoms with van der Waals surface area (Å²) < 4.78 is 10.2. The van der Waals surface area contributed by atoms with Gasteiger partial charge in [-0.05, 0) is 58.1 Å². The molecule has 1 aromatic carbocycles. The average molecular weight is 420 g/mol. The van der Waals surface area contributed by atoms with Gasteiger partial charge in [0.15, 0.2) is 11.5 Å². The second-order valence-corrected chi connectivity index (χ2v) is 8.23. The second kappa shape index (κ2) is 8.47. The Kier molecular flexibility index (Phi) is 5.73. The molecule has 162 valence electrons. The van der Waals surface area contributed by atoms with Gasteiger partial charge < -0.3 is 9.64 Å². The van der Waals surface area contributed by atoms with Crippen LogP contribution in [0.1, 0.15) is 28.3 Å². The predicted octanol–water partition coefficient (Wildman–Crippen LogP) is 3.13. The lowest BCUT2D eigenvalue weighted by molar-refractivity contribution is 0.322. The van der Waals surface area contributed by atoms with Gasteiger partial charge in [-0.25, -0.2) is 0 Å². The minimum absolute atomic E-state index is 0.574. The minimum Gasteiger partial charge on any atom is -0.493 e. The van der Waals surface area contributed by atoms with Crippen LogP contribution >= 0.6 is 0 Å². The Morgan fingerprint density at radius 3 is 2.61 bits per heavy atom. The summed E-state index contributed by atoms with van der Waals surface area (Å²) in [6.45, 7) is 7.48. The molecule has 0 aliphatic rings. The van der Waals surface area contributed by atoms with Crippen LogP contribution in [0.3, 0.4) is 0 Å². The Hall–Kier alpha value is -3.26. The van der Waals surface area contributed by atoms with E-state index in [1.54, 1.807) is 6.20 Å². The Bertz CT molecular complexity index is 1220. The van der Waals surface area contributed by atoms with E-state index in [-0.39, 0.29) is 0 Å². The molecule has 0 unspecified atom stereocenters. The largest absolute Gasteiger partial charge is 0.493 e. The van der Waals surface area contributed by atoms with E-state index in [0.29, 0.717) is 13.2 Å². The first-order valence-corrected chi connectivity index (χ1v) is 10.4. The number of fused-ring (bicyclic) bond motifs is 1. The van der Waals surface area contributed by atoms with Crippen LogP contribution in [-0.4, -0.2) is 55.0 Å². The molecule has 0 saturated heterocycles. The zero-order chi connectivity index (χ0) is 22.1. The van der Waals surface area contributed by atoms with E-state index in [4.69, 9.17) is 4.74 Å². The zero-order valence-corrected chi connectivity index (χ0v) is 19.0. The minimum atomic E-state index is 0.574. The molecule has 0 amide bonds. The maximum Gasteiger partial charge on any atom is 0.179 e. The third-order valence-corrected chi connectivity index (χ3v) is 5.50. The van der Waals surface area contributed by atoms with Crippen molar-refractivity contribution in [2.24, 2.45) is 7.05 Å². The summed E-state index contributed by atoms with van der Waals surface area (Å²) in [6, 6.07) is 6.21. The maximum atomic E-state index is 6.26. The van der Waals surface area contributed by atoms with Crippen molar-refractivity contribution < 1.29 is 4.74 Å². The highest BCUT2D eigenvalue weighted by atomic mass is 16.5. The van der Waals surface area contributed by atoms with Gasteiger partial charge in [0.2, 0.25) is 0 Å². The van der Waals surface area contributed by atoms with Crippen LogP contribution in [-0.2, 0) is 20.0 Å². The zero-order valence-electron chi connectivity index (χ0n) is 19.0. The Labute approximate surface area is 182 Å². The Balaban J connectivity index is 1.62. The standard InChI is InChI=1S/C23H29N7O/c1-15-7-8-19(20-13-30-22(12-24-20)25-26-23(30)14-28(4)5)21(11-15)31-10-9-18-16(2)27-29(6)17(18)3/h7-8,11-13H,9-10,14H2,1-6H3. The molecule has 31 heavy (non-hydrogen) atoms. The van der Waals surface area contributed by atoms with Gasteiger partial charge in [-0.1, -0.05) is 6.07 Å². The fraction of sp³-hybridized carbons (Fsp3) is 0.391. The van der Waals surface area contributed by atoms with Gasteiger partial charge in [-0.2, -0.15) is 5.10 Å². The molecule has 0 N–H and O–H groups in total. The highest BCUT2D eigenvalue weighted by molar-refractivity contribution is 5.68. The smallest absolute Gasteiger partial charge is 0.179 e. The van der Waals surface area contributed by atoms with Gasteiger partial charge >= 0.3 is 0 Å². The van der Waals surface area contributed by atoms with Crippen molar-refractivity contribution in [1.82, 2.24) is 34.3 Å². The van der Waals surface area contributed by atoms with Crippen LogP contribution in [0.15, 0.2) is 30.6 Å². The van der Waals surface area contributed by atoms with Gasteiger partial charge in [0.05, 0.1) is 30.7 Å². The molecular weight excluding hydrogens is 390 g/mol. The number of benzene rings is 1. The van der Waals surface area contributed by atoms with E-state index in [9.17, 15) is 0 Å². The first-order chi connectivity index (χ1) is 14.8. The van der Waals surface area contributed by atoms with Gasteiger partial charge in [0.25, 0.3) is 0 Å². The fourth-order valence-corrected chi connectivity index (χ4v) is 3.78. The number of nitrogens with zero attached hydrogens (tertiary/aromatic N) is 7. The molecule has 8 nitrogen and oxygen atoms in total. The molecule has 0 fully saturated rings. The van der Waals surface area contributed by atoms with E-state index in [2.05, 4.69) is 57.2 Å². The lowest BCUT2D eigenvalue weighted by Gasteiger charge is -2.13. The quantitative estimate of drug-likeness (QED) is 0.458. The summed E-state index contributed by atoms with van der Waals surface area (Å²) in [5.74, 6) is 1.70. The maximum absolute atomic E-state index is 6.26. The SMILES string of the molecule is Cc1ccc(-c2cn3c(CN(C)C)nnc3cn2)c(OCCc2c(C)nn(C)c2C)c1. The van der Waals surface area contributed by atoms with E-state index >= 15 is 0 Å². The van der Waals surface area contributed by atoms with Gasteiger partial charge in [-0.15, -0.1) is 10.2 Å². The van der Waals surface area contributed by atoms with Gasteiger partial charge in [0, 0.05) is 30.9 Å². The highest BCUT2D eigenvalue weighted by Gasteiger charge is 2.14. The fourth-order valence-electron chi connectivity index (χ4n) is 3.78. The first kappa shape index (κ1) is 21.0. The molecule has 4 rings (SSSR count). The number of ether oxygens (including phenoxy) is 1. The van der Waals surface area contributed by atoms with Crippen molar-refractivity contribution in [3.63, 3.8) is 0 Å². The second-order valence-electron chi connectivity index (χ2n) is 8.23. The topological polar surface area (TPSA) is 73.4 Å². The summed E-state index contributed by atoms with van der Waals surface area (Å²) in [4.78, 5) is 6.70. The van der Waals surface area contributed by atoms with Crippen molar-refractivity contribution in [2.45, 2.75) is 33.7 Å². The molecule has 0 aliphatic carbocycles. The molecule has 0 aliphatic heterocycles. The number of hydrogen-bond acceptors (Lipinski definition) is 6. The highest BCUT2D eigenvalue weighted by Crippen LogP contribution is 2.30. The molecule has 0 radical (unpaired) electrons. The number of hydrogen-bond donors (Lipinski definition) is 0. The molecule has 3 aromatic heterocycles. The first-order valence-electron chi connectivity index (χ1n) is 10.4. The summed E-state index contributed by atoms with van der Waals surface area (Å²) in [5, 5.41) is 13.0. The van der Waals surface area contributed by atoms with Crippen LogP contribution < -0.4 is 4.74 Å². The van der Waals surface area contributed by atoms with E-state index in [0.717, 1.165) is 46.2 Å². The van der Waals surface area contributed by atoms with Crippen molar-refractivity contribution in [2.75, 3.05) is 20.7 Å². The summed E-state index contributed by atoms with van der Waals surface area (Å²) in [5.41, 5.74) is 7.14.